The molecule has 0 bridgehead atoms. The summed E-state index contributed by atoms with van der Waals surface area (Å²) in [5, 5.41) is 11.4. The van der Waals surface area contributed by atoms with E-state index in [9.17, 15) is 18.0 Å². The average molecular weight is 564 g/mol. The van der Waals surface area contributed by atoms with Crippen LogP contribution in [0.2, 0.25) is 0 Å². The second-order valence-electron chi connectivity index (χ2n) is 10.4. The summed E-state index contributed by atoms with van der Waals surface area (Å²) in [7, 11) is 0. The van der Waals surface area contributed by atoms with Crippen LogP contribution >= 0.6 is 0 Å². The molecule has 0 saturated heterocycles. The Bertz CT molecular complexity index is 1450. The molecule has 0 fully saturated rings. The first-order valence-corrected chi connectivity index (χ1v) is 12.6. The van der Waals surface area contributed by atoms with Crippen molar-refractivity contribution in [2.24, 2.45) is 5.73 Å². The number of hydrogen-bond donors (Lipinski definition) is 3. The normalized spacial score (nSPS) is 18.6. The Labute approximate surface area is 227 Å². The molecule has 2 heterocycles. The maximum atomic E-state index is 15.6. The first-order valence-electron chi connectivity index (χ1n) is 12.6. The number of rotatable bonds is 9. The average Bonchev–Trinajstić information content (AvgIpc) is 3.21. The van der Waals surface area contributed by atoms with Gasteiger partial charge in [-0.25, -0.2) is 18.0 Å². The number of aliphatic carboxylic acids is 1. The highest BCUT2D eigenvalue weighted by atomic mass is 19.3. The quantitative estimate of drug-likeness (QED) is 0.168. The van der Waals surface area contributed by atoms with Gasteiger partial charge in [0.15, 0.2) is 0 Å². The van der Waals surface area contributed by atoms with Crippen LogP contribution < -0.4 is 11.1 Å². The molecule has 0 amide bonds. The lowest BCUT2D eigenvalue weighted by Gasteiger charge is -2.42. The Balaban J connectivity index is 1.90. The van der Waals surface area contributed by atoms with Crippen LogP contribution in [0.25, 0.3) is 22.6 Å². The minimum Gasteiger partial charge on any atom is -0.478 e. The number of nitrogens with two attached hydrogens (primary N) is 1. The van der Waals surface area contributed by atoms with Crippen LogP contribution in [0.5, 0.6) is 0 Å². The van der Waals surface area contributed by atoms with Crippen molar-refractivity contribution >= 4 is 28.6 Å². The molecule has 214 valence electrons. The zero-order valence-electron chi connectivity index (χ0n) is 22.2. The predicted octanol–water partition coefficient (Wildman–Crippen LogP) is 6.00. The molecule has 3 aromatic rings. The summed E-state index contributed by atoms with van der Waals surface area (Å²) in [5.41, 5.74) is 5.79. The zero-order chi connectivity index (χ0) is 29.4. The van der Waals surface area contributed by atoms with E-state index >= 15 is 8.78 Å². The fourth-order valence-electron chi connectivity index (χ4n) is 5.15. The third-order valence-corrected chi connectivity index (χ3v) is 6.79. The van der Waals surface area contributed by atoms with Gasteiger partial charge in [-0.05, 0) is 74.2 Å². The first-order chi connectivity index (χ1) is 18.8. The molecule has 0 aliphatic carbocycles. The SMILES string of the molecule is CC1Cc2c(oc3ccc(/C(=C/NC(F)F)CN)cc23)C(c2c(F)cc(/C=C/C(=O)O)cc2F)N1CC(C)(C)F. The van der Waals surface area contributed by atoms with Crippen LogP contribution in [0.15, 0.2) is 47.0 Å². The molecule has 40 heavy (non-hydrogen) atoms. The molecule has 0 spiro atoms. The highest BCUT2D eigenvalue weighted by molar-refractivity contribution is 5.87. The van der Waals surface area contributed by atoms with Crippen LogP contribution in [0.1, 0.15) is 54.8 Å². The van der Waals surface area contributed by atoms with Crippen LogP contribution in [0.3, 0.4) is 0 Å². The molecule has 2 atom stereocenters. The van der Waals surface area contributed by atoms with Crippen molar-refractivity contribution in [1.29, 1.82) is 0 Å². The third kappa shape index (κ3) is 6.20. The van der Waals surface area contributed by atoms with Crippen LogP contribution in [0.4, 0.5) is 22.0 Å². The summed E-state index contributed by atoms with van der Waals surface area (Å²) in [6, 6.07) is 5.55. The Morgan fingerprint density at radius 3 is 2.50 bits per heavy atom. The molecule has 1 aromatic heterocycles. The number of hydrogen-bond acceptors (Lipinski definition) is 5. The van der Waals surface area contributed by atoms with Gasteiger partial charge in [0.25, 0.3) is 0 Å². The summed E-state index contributed by atoms with van der Waals surface area (Å²) >= 11 is 0. The van der Waals surface area contributed by atoms with Gasteiger partial charge in [0, 0.05) is 47.9 Å². The van der Waals surface area contributed by atoms with Crippen molar-refractivity contribution in [2.45, 2.75) is 51.5 Å². The van der Waals surface area contributed by atoms with Crippen molar-refractivity contribution in [3.8, 4) is 0 Å². The van der Waals surface area contributed by atoms with E-state index in [-0.39, 0.29) is 36.0 Å². The predicted molar refractivity (Wildman–Crippen MR) is 142 cm³/mol. The van der Waals surface area contributed by atoms with E-state index in [0.29, 0.717) is 34.1 Å². The molecule has 11 heteroatoms. The number of carboxylic acid groups (broad SMARTS) is 1. The topological polar surface area (TPSA) is 91.7 Å². The van der Waals surface area contributed by atoms with Crippen molar-refractivity contribution in [2.75, 3.05) is 13.1 Å². The zero-order valence-corrected chi connectivity index (χ0v) is 22.2. The number of nitrogens with one attached hydrogen (secondary N) is 1. The Kier molecular flexibility index (Phi) is 8.36. The van der Waals surface area contributed by atoms with Gasteiger partial charge in [0.05, 0.1) is 0 Å². The van der Waals surface area contributed by atoms with Crippen LogP contribution in [0, 0.1) is 11.6 Å². The first kappa shape index (κ1) is 29.3. The number of fused-ring (bicyclic) bond motifs is 3. The lowest BCUT2D eigenvalue weighted by Crippen LogP contribution is -2.48. The molecule has 6 nitrogen and oxygen atoms in total. The van der Waals surface area contributed by atoms with Crippen molar-refractivity contribution in [1.82, 2.24) is 10.2 Å². The summed E-state index contributed by atoms with van der Waals surface area (Å²) in [4.78, 5) is 12.5. The minimum absolute atomic E-state index is 0.00959. The molecule has 0 saturated carbocycles. The maximum absolute atomic E-state index is 15.6. The molecule has 2 unspecified atom stereocenters. The molecule has 1 aliphatic heterocycles. The summed E-state index contributed by atoms with van der Waals surface area (Å²) < 4.78 is 77.7. The van der Waals surface area contributed by atoms with Gasteiger partial charge < -0.3 is 20.6 Å². The molecule has 2 aromatic carbocycles. The fourth-order valence-corrected chi connectivity index (χ4v) is 5.15. The monoisotopic (exact) mass is 563 g/mol. The Hall–Kier alpha value is -3.70. The minimum atomic E-state index is -2.77. The van der Waals surface area contributed by atoms with Crippen LogP contribution in [-0.4, -0.2) is 47.3 Å². The van der Waals surface area contributed by atoms with E-state index in [1.165, 1.54) is 13.8 Å². The van der Waals surface area contributed by atoms with Gasteiger partial charge in [-0.3, -0.25) is 4.90 Å². The number of carbonyl (C=O) groups is 1. The molecular weight excluding hydrogens is 533 g/mol. The second kappa shape index (κ2) is 11.4. The van der Waals surface area contributed by atoms with E-state index in [2.05, 4.69) is 0 Å². The van der Waals surface area contributed by atoms with Crippen molar-refractivity contribution in [3.63, 3.8) is 0 Å². The molecular formula is C29H30F5N3O3. The number of furan rings is 1. The van der Waals surface area contributed by atoms with E-state index in [4.69, 9.17) is 15.3 Å². The lowest BCUT2D eigenvalue weighted by molar-refractivity contribution is -0.131. The summed E-state index contributed by atoms with van der Waals surface area (Å²) in [6.07, 6.45) is 3.35. The second-order valence-corrected chi connectivity index (χ2v) is 10.4. The summed E-state index contributed by atoms with van der Waals surface area (Å²) in [5.74, 6) is -2.91. The molecule has 0 radical (unpaired) electrons. The van der Waals surface area contributed by atoms with Crippen molar-refractivity contribution < 1.29 is 36.3 Å². The van der Waals surface area contributed by atoms with E-state index in [1.54, 1.807) is 23.1 Å². The van der Waals surface area contributed by atoms with Gasteiger partial charge in [0.2, 0.25) is 0 Å². The standard InChI is InChI=1S/C29H30F5N3O3/c1-15-8-20-19-11-17(18(12-35)13-36-28(32)33)5-6-23(19)40-27(20)26(37(15)14-29(2,3)34)25-21(30)9-16(10-22(25)31)4-7-24(38)39/h4-7,9-11,13,15,26,28,36H,8,12,14,35H2,1-3H3,(H,38,39)/b7-4+,18-13+. The Morgan fingerprint density at radius 1 is 1.25 bits per heavy atom. The number of benzene rings is 2. The largest absolute Gasteiger partial charge is 0.478 e. The number of halogens is 5. The molecule has 1 aliphatic rings. The van der Waals surface area contributed by atoms with Gasteiger partial charge in [0.1, 0.15) is 34.7 Å². The third-order valence-electron chi connectivity index (χ3n) is 6.79. The maximum Gasteiger partial charge on any atom is 0.328 e. The molecule has 4 N–H and O–H groups in total. The highest BCUT2D eigenvalue weighted by Gasteiger charge is 2.42. The van der Waals surface area contributed by atoms with E-state index in [1.807, 2.05) is 12.2 Å². The van der Waals surface area contributed by atoms with Crippen molar-refractivity contribution in [3.05, 3.63) is 82.3 Å². The van der Waals surface area contributed by atoms with E-state index < -0.39 is 35.9 Å². The summed E-state index contributed by atoms with van der Waals surface area (Å²) in [6.45, 7) is 1.62. The van der Waals surface area contributed by atoms with E-state index in [0.717, 1.165) is 30.5 Å². The Morgan fingerprint density at radius 2 is 1.93 bits per heavy atom. The number of nitrogens with zero attached hydrogens (tertiary/aromatic N) is 1. The van der Waals surface area contributed by atoms with Gasteiger partial charge in [-0.2, -0.15) is 8.78 Å². The van der Waals surface area contributed by atoms with Gasteiger partial charge >= 0.3 is 12.5 Å². The van der Waals surface area contributed by atoms with Gasteiger partial charge in [-0.15, -0.1) is 0 Å². The lowest BCUT2D eigenvalue weighted by atomic mass is 9.87. The highest BCUT2D eigenvalue weighted by Crippen LogP contribution is 2.45. The smallest absolute Gasteiger partial charge is 0.328 e. The molecule has 4 rings (SSSR count). The number of alkyl halides is 3. The fraction of sp³-hybridized carbons (Fsp3) is 0.345. The van der Waals surface area contributed by atoms with Crippen LogP contribution in [-0.2, 0) is 11.2 Å². The van der Waals surface area contributed by atoms with Gasteiger partial charge in [-0.1, -0.05) is 6.07 Å². The number of carboxylic acids is 1.